The zero-order chi connectivity index (χ0) is 14.7. The third-order valence-corrected chi connectivity index (χ3v) is 3.65. The topological polar surface area (TPSA) is 44.1 Å². The molecular weight excluding hydrogens is 299 g/mol. The molecule has 0 aliphatic heterocycles. The Balaban J connectivity index is 2.02. The van der Waals surface area contributed by atoms with Crippen LogP contribution in [0.1, 0.15) is 24.4 Å². The van der Waals surface area contributed by atoms with Crippen molar-refractivity contribution in [1.29, 1.82) is 0 Å². The fourth-order valence-corrected chi connectivity index (χ4v) is 2.21. The number of carbonyl (C=O) groups is 1. The molecule has 0 aliphatic rings. The van der Waals surface area contributed by atoms with Crippen molar-refractivity contribution in [3.8, 4) is 0 Å². The van der Waals surface area contributed by atoms with Crippen molar-refractivity contribution >= 4 is 29.2 Å². The number of imidazole rings is 1. The fraction of sp³-hybridized carbons (Fsp3) is 0.286. The van der Waals surface area contributed by atoms with E-state index in [0.29, 0.717) is 16.0 Å². The maximum atomic E-state index is 11.9. The molecule has 2 aromatic rings. The van der Waals surface area contributed by atoms with Gasteiger partial charge in [-0.05, 0) is 18.6 Å². The van der Waals surface area contributed by atoms with Crippen LogP contribution in [-0.2, 0) is 23.0 Å². The van der Waals surface area contributed by atoms with Crippen LogP contribution in [-0.4, -0.2) is 15.5 Å². The number of rotatable bonds is 4. The lowest BCUT2D eigenvalue weighted by molar-refractivity contribution is -0.148. The second-order valence-corrected chi connectivity index (χ2v) is 5.19. The summed E-state index contributed by atoms with van der Waals surface area (Å²) >= 11 is 11.9. The van der Waals surface area contributed by atoms with Crippen LogP contribution in [0.4, 0.5) is 0 Å². The van der Waals surface area contributed by atoms with Crippen LogP contribution in [0, 0.1) is 0 Å². The van der Waals surface area contributed by atoms with Gasteiger partial charge in [0.2, 0.25) is 0 Å². The van der Waals surface area contributed by atoms with E-state index in [2.05, 4.69) is 4.98 Å². The van der Waals surface area contributed by atoms with Crippen molar-refractivity contribution in [3.63, 3.8) is 0 Å². The predicted octanol–water partition coefficient (Wildman–Crippen LogP) is 3.57. The molecule has 0 N–H and O–H groups in total. The molecular formula is C14H14Cl2N2O2. The molecule has 1 heterocycles. The molecule has 1 unspecified atom stereocenters. The molecule has 20 heavy (non-hydrogen) atoms. The van der Waals surface area contributed by atoms with E-state index in [1.807, 2.05) is 12.1 Å². The summed E-state index contributed by atoms with van der Waals surface area (Å²) in [5.74, 6) is 0.243. The highest BCUT2D eigenvalue weighted by Gasteiger charge is 2.18. The molecule has 0 radical (unpaired) electrons. The Morgan fingerprint density at radius 1 is 1.40 bits per heavy atom. The normalized spacial score (nSPS) is 12.2. The zero-order valence-corrected chi connectivity index (χ0v) is 12.6. The summed E-state index contributed by atoms with van der Waals surface area (Å²) in [6.45, 7) is 1.75. The number of hydrogen-bond donors (Lipinski definition) is 0. The summed E-state index contributed by atoms with van der Waals surface area (Å²) in [7, 11) is 1.77. The molecule has 1 atom stereocenters. The van der Waals surface area contributed by atoms with Gasteiger partial charge in [0, 0.05) is 12.1 Å². The minimum atomic E-state index is -0.470. The zero-order valence-electron chi connectivity index (χ0n) is 11.1. The third kappa shape index (κ3) is 3.32. The molecule has 0 aliphatic carbocycles. The summed E-state index contributed by atoms with van der Waals surface area (Å²) in [5.41, 5.74) is 0.740. The van der Waals surface area contributed by atoms with E-state index in [9.17, 15) is 4.79 Å². The Kier molecular flexibility index (Phi) is 4.68. The van der Waals surface area contributed by atoms with Crippen molar-refractivity contribution < 1.29 is 9.53 Å². The number of esters is 1. The molecule has 0 fully saturated rings. The molecule has 1 aromatic heterocycles. The van der Waals surface area contributed by atoms with E-state index in [4.69, 9.17) is 27.9 Å². The van der Waals surface area contributed by atoms with Crippen molar-refractivity contribution in [2.24, 2.45) is 7.05 Å². The van der Waals surface area contributed by atoms with Gasteiger partial charge in [-0.2, -0.15) is 0 Å². The van der Waals surface area contributed by atoms with Crippen LogP contribution < -0.4 is 0 Å². The SMILES string of the molecule is CC(OC(=O)Cc1ccccc1Cl)c1ncc(Cl)n1C. The van der Waals surface area contributed by atoms with E-state index < -0.39 is 6.10 Å². The van der Waals surface area contributed by atoms with Gasteiger partial charge < -0.3 is 9.30 Å². The highest BCUT2D eigenvalue weighted by Crippen LogP contribution is 2.21. The first-order valence-electron chi connectivity index (χ1n) is 6.09. The van der Waals surface area contributed by atoms with Gasteiger partial charge in [0.1, 0.15) is 5.15 Å². The van der Waals surface area contributed by atoms with Crippen molar-refractivity contribution in [1.82, 2.24) is 9.55 Å². The van der Waals surface area contributed by atoms with E-state index in [1.54, 1.807) is 30.7 Å². The minimum Gasteiger partial charge on any atom is -0.454 e. The van der Waals surface area contributed by atoms with E-state index in [0.717, 1.165) is 5.56 Å². The number of carbonyl (C=O) groups excluding carboxylic acids is 1. The maximum Gasteiger partial charge on any atom is 0.311 e. The lowest BCUT2D eigenvalue weighted by Crippen LogP contribution is -2.14. The smallest absolute Gasteiger partial charge is 0.311 e. The van der Waals surface area contributed by atoms with Crippen molar-refractivity contribution in [2.75, 3.05) is 0 Å². The third-order valence-electron chi connectivity index (χ3n) is 2.93. The molecule has 106 valence electrons. The molecule has 6 heteroatoms. The van der Waals surface area contributed by atoms with Crippen LogP contribution in [0.5, 0.6) is 0 Å². The molecule has 0 bridgehead atoms. The number of halogens is 2. The maximum absolute atomic E-state index is 11.9. The van der Waals surface area contributed by atoms with Crippen LogP contribution >= 0.6 is 23.2 Å². The average molecular weight is 313 g/mol. The Bertz CT molecular complexity index is 625. The van der Waals surface area contributed by atoms with Crippen LogP contribution in [0.25, 0.3) is 0 Å². The number of hydrogen-bond acceptors (Lipinski definition) is 3. The lowest BCUT2D eigenvalue weighted by Gasteiger charge is -2.13. The highest BCUT2D eigenvalue weighted by molar-refractivity contribution is 6.31. The summed E-state index contributed by atoms with van der Waals surface area (Å²) in [6.07, 6.45) is 1.18. The number of benzene rings is 1. The van der Waals surface area contributed by atoms with Crippen LogP contribution in [0.3, 0.4) is 0 Å². The predicted molar refractivity (Wildman–Crippen MR) is 77.9 cm³/mol. The monoisotopic (exact) mass is 312 g/mol. The van der Waals surface area contributed by atoms with Gasteiger partial charge in [0.25, 0.3) is 0 Å². The largest absolute Gasteiger partial charge is 0.454 e. The molecule has 4 nitrogen and oxygen atoms in total. The van der Waals surface area contributed by atoms with Gasteiger partial charge in [0.05, 0.1) is 12.6 Å². The summed E-state index contributed by atoms with van der Waals surface area (Å²) in [4.78, 5) is 16.0. The molecule has 0 saturated heterocycles. The van der Waals surface area contributed by atoms with E-state index >= 15 is 0 Å². The summed E-state index contributed by atoms with van der Waals surface area (Å²) < 4.78 is 7.03. The Labute approximate surface area is 127 Å². The number of ether oxygens (including phenoxy) is 1. The van der Waals surface area contributed by atoms with Crippen LogP contribution in [0.15, 0.2) is 30.5 Å². The van der Waals surface area contributed by atoms with Gasteiger partial charge in [-0.1, -0.05) is 41.4 Å². The first kappa shape index (κ1) is 14.9. The molecule has 0 amide bonds. The average Bonchev–Trinajstić information content (AvgIpc) is 2.73. The van der Waals surface area contributed by atoms with Gasteiger partial charge in [-0.15, -0.1) is 0 Å². The highest BCUT2D eigenvalue weighted by atomic mass is 35.5. The number of aromatic nitrogens is 2. The van der Waals surface area contributed by atoms with Gasteiger partial charge >= 0.3 is 5.97 Å². The van der Waals surface area contributed by atoms with Gasteiger partial charge in [-0.3, -0.25) is 4.79 Å². The quantitative estimate of drug-likeness (QED) is 0.811. The second-order valence-electron chi connectivity index (χ2n) is 4.40. The molecule has 0 spiro atoms. The minimum absolute atomic E-state index is 0.127. The summed E-state index contributed by atoms with van der Waals surface area (Å²) in [5, 5.41) is 1.05. The molecule has 1 aromatic carbocycles. The van der Waals surface area contributed by atoms with Gasteiger partial charge in [-0.25, -0.2) is 4.98 Å². The Morgan fingerprint density at radius 3 is 2.70 bits per heavy atom. The van der Waals surface area contributed by atoms with E-state index in [-0.39, 0.29) is 12.4 Å². The summed E-state index contributed by atoms with van der Waals surface area (Å²) in [6, 6.07) is 7.18. The first-order valence-corrected chi connectivity index (χ1v) is 6.84. The fourth-order valence-electron chi connectivity index (χ4n) is 1.87. The first-order chi connectivity index (χ1) is 9.49. The number of nitrogens with zero attached hydrogens (tertiary/aromatic N) is 2. The molecule has 2 rings (SSSR count). The second kappa shape index (κ2) is 6.29. The van der Waals surface area contributed by atoms with Gasteiger partial charge in [0.15, 0.2) is 11.9 Å². The van der Waals surface area contributed by atoms with Crippen LogP contribution in [0.2, 0.25) is 10.2 Å². The lowest BCUT2D eigenvalue weighted by atomic mass is 10.1. The van der Waals surface area contributed by atoms with E-state index in [1.165, 1.54) is 6.20 Å². The Hall–Kier alpha value is -1.52. The Morgan fingerprint density at radius 2 is 2.10 bits per heavy atom. The van der Waals surface area contributed by atoms with Crippen molar-refractivity contribution in [3.05, 3.63) is 52.0 Å². The molecule has 0 saturated carbocycles. The standard InChI is InChI=1S/C14H14Cl2N2O2/c1-9(14-17-8-12(16)18(14)2)20-13(19)7-10-5-3-4-6-11(10)15/h3-6,8-9H,7H2,1-2H3. The van der Waals surface area contributed by atoms with Crippen molar-refractivity contribution in [2.45, 2.75) is 19.4 Å².